The smallest absolute Gasteiger partial charge is 0.226 e. The summed E-state index contributed by atoms with van der Waals surface area (Å²) in [6.45, 7) is 5.43. The third-order valence-corrected chi connectivity index (χ3v) is 5.41. The summed E-state index contributed by atoms with van der Waals surface area (Å²) in [6, 6.07) is 0. The van der Waals surface area contributed by atoms with E-state index in [2.05, 4.69) is 16.3 Å². The first-order chi connectivity index (χ1) is 10.5. The van der Waals surface area contributed by atoms with Gasteiger partial charge in [0.25, 0.3) is 0 Å². The molecule has 1 atom stereocenters. The third-order valence-electron chi connectivity index (χ3n) is 5.41. The lowest BCUT2D eigenvalue weighted by Crippen LogP contribution is -2.51. The molecule has 1 aliphatic heterocycles. The molecule has 1 heterocycles. The van der Waals surface area contributed by atoms with Crippen molar-refractivity contribution in [1.29, 1.82) is 0 Å². The van der Waals surface area contributed by atoms with E-state index in [4.69, 9.17) is 0 Å². The molecule has 22 heavy (non-hydrogen) atoms. The quantitative estimate of drug-likeness (QED) is 0.849. The molecule has 0 radical (unpaired) electrons. The minimum absolute atomic E-state index is 0.00833. The average molecular weight is 304 g/mol. The van der Waals surface area contributed by atoms with Gasteiger partial charge in [0, 0.05) is 36.5 Å². The zero-order valence-corrected chi connectivity index (χ0v) is 13.9. The number of nitrogens with zero attached hydrogens (tertiary/aromatic N) is 1. The summed E-state index contributed by atoms with van der Waals surface area (Å²) in [7, 11) is 0. The Balaban J connectivity index is 1.77. The third kappa shape index (κ3) is 3.06. The molecule has 2 fully saturated rings. The van der Waals surface area contributed by atoms with Crippen LogP contribution in [0.15, 0.2) is 11.8 Å². The maximum atomic E-state index is 12.4. The molecule has 122 valence electrons. The Morgan fingerprint density at radius 1 is 1.41 bits per heavy atom. The van der Waals surface area contributed by atoms with Crippen LogP contribution < -0.4 is 5.32 Å². The van der Waals surface area contributed by atoms with E-state index in [1.165, 1.54) is 18.5 Å². The normalized spacial score (nSPS) is 28.4. The van der Waals surface area contributed by atoms with E-state index in [1.807, 2.05) is 13.8 Å². The molecule has 1 saturated heterocycles. The van der Waals surface area contributed by atoms with Crippen LogP contribution >= 0.6 is 0 Å². The standard InChI is InChI=1S/C18H28N2O2/c1-13(2)17(22)19-12-18-9-4-3-5-15(18)20(11-14-6-7-14)16(21)8-10-18/h5,13-14H,3-4,6-12H2,1-2H3,(H,19,22). The fraction of sp³-hybridized carbons (Fsp3) is 0.778. The van der Waals surface area contributed by atoms with Crippen molar-refractivity contribution in [2.24, 2.45) is 17.3 Å². The highest BCUT2D eigenvalue weighted by molar-refractivity contribution is 5.80. The van der Waals surface area contributed by atoms with E-state index >= 15 is 0 Å². The molecule has 0 aromatic carbocycles. The summed E-state index contributed by atoms with van der Waals surface area (Å²) in [5, 5.41) is 3.13. The van der Waals surface area contributed by atoms with Crippen LogP contribution in [0.25, 0.3) is 0 Å². The monoisotopic (exact) mass is 304 g/mol. The maximum Gasteiger partial charge on any atom is 0.226 e. The Hall–Kier alpha value is -1.32. The number of carbonyl (C=O) groups excluding carboxylic acids is 2. The van der Waals surface area contributed by atoms with Crippen molar-refractivity contribution in [3.63, 3.8) is 0 Å². The van der Waals surface area contributed by atoms with Gasteiger partial charge in [-0.15, -0.1) is 0 Å². The van der Waals surface area contributed by atoms with E-state index in [0.29, 0.717) is 18.9 Å². The van der Waals surface area contributed by atoms with Gasteiger partial charge in [0.15, 0.2) is 0 Å². The van der Waals surface area contributed by atoms with Crippen molar-refractivity contribution in [3.05, 3.63) is 11.8 Å². The van der Waals surface area contributed by atoms with Crippen LogP contribution in [0.2, 0.25) is 0 Å². The number of rotatable bonds is 5. The molecule has 0 aromatic rings. The number of allylic oxidation sites excluding steroid dienone is 1. The molecule has 1 N–H and O–H groups in total. The summed E-state index contributed by atoms with van der Waals surface area (Å²) in [5.41, 5.74) is 1.21. The van der Waals surface area contributed by atoms with E-state index in [1.54, 1.807) is 0 Å². The minimum atomic E-state index is -0.00833. The summed E-state index contributed by atoms with van der Waals surface area (Å²) >= 11 is 0. The van der Waals surface area contributed by atoms with Crippen molar-refractivity contribution < 1.29 is 9.59 Å². The Morgan fingerprint density at radius 2 is 2.18 bits per heavy atom. The molecule has 4 heteroatoms. The van der Waals surface area contributed by atoms with Gasteiger partial charge < -0.3 is 10.2 Å². The second-order valence-electron chi connectivity index (χ2n) is 7.58. The van der Waals surface area contributed by atoms with Crippen LogP contribution in [0, 0.1) is 17.3 Å². The van der Waals surface area contributed by atoms with Crippen LogP contribution in [-0.4, -0.2) is 29.8 Å². The first kappa shape index (κ1) is 15.6. The van der Waals surface area contributed by atoms with E-state index in [9.17, 15) is 9.59 Å². The summed E-state index contributed by atoms with van der Waals surface area (Å²) in [6.07, 6.45) is 9.60. The minimum Gasteiger partial charge on any atom is -0.355 e. The molecule has 1 unspecified atom stereocenters. The lowest BCUT2D eigenvalue weighted by Gasteiger charge is -2.47. The van der Waals surface area contributed by atoms with Gasteiger partial charge in [-0.1, -0.05) is 19.9 Å². The number of piperidine rings is 1. The summed E-state index contributed by atoms with van der Waals surface area (Å²) in [4.78, 5) is 26.4. The predicted octanol–water partition coefficient (Wildman–Crippen LogP) is 2.85. The molecule has 2 aliphatic carbocycles. The van der Waals surface area contributed by atoms with Gasteiger partial charge >= 0.3 is 0 Å². The summed E-state index contributed by atoms with van der Waals surface area (Å²) < 4.78 is 0. The van der Waals surface area contributed by atoms with Gasteiger partial charge in [-0.3, -0.25) is 9.59 Å². The number of likely N-dealkylation sites (tertiary alicyclic amines) is 1. The maximum absolute atomic E-state index is 12.4. The second kappa shape index (κ2) is 6.05. The van der Waals surface area contributed by atoms with E-state index in [0.717, 1.165) is 32.2 Å². The second-order valence-corrected chi connectivity index (χ2v) is 7.58. The molecule has 0 aromatic heterocycles. The van der Waals surface area contributed by atoms with Crippen molar-refractivity contribution in [1.82, 2.24) is 10.2 Å². The van der Waals surface area contributed by atoms with Gasteiger partial charge in [-0.2, -0.15) is 0 Å². The van der Waals surface area contributed by atoms with Crippen LogP contribution in [0.3, 0.4) is 0 Å². The van der Waals surface area contributed by atoms with Crippen molar-refractivity contribution in [3.8, 4) is 0 Å². The number of amides is 2. The highest BCUT2D eigenvalue weighted by Crippen LogP contribution is 2.47. The van der Waals surface area contributed by atoms with Crippen LogP contribution in [0.4, 0.5) is 0 Å². The fourth-order valence-electron chi connectivity index (χ4n) is 3.78. The largest absolute Gasteiger partial charge is 0.355 e. The molecule has 0 spiro atoms. The molecule has 2 amide bonds. The van der Waals surface area contributed by atoms with Gasteiger partial charge in [-0.25, -0.2) is 0 Å². The first-order valence-corrected chi connectivity index (χ1v) is 8.80. The van der Waals surface area contributed by atoms with Gasteiger partial charge in [0.1, 0.15) is 0 Å². The van der Waals surface area contributed by atoms with Crippen LogP contribution in [0.1, 0.15) is 58.8 Å². The zero-order valence-electron chi connectivity index (χ0n) is 13.9. The molecular weight excluding hydrogens is 276 g/mol. The van der Waals surface area contributed by atoms with E-state index in [-0.39, 0.29) is 23.1 Å². The molecule has 4 nitrogen and oxygen atoms in total. The zero-order chi connectivity index (χ0) is 15.7. The molecule has 3 aliphatic rings. The Bertz CT molecular complexity index is 493. The topological polar surface area (TPSA) is 49.4 Å². The van der Waals surface area contributed by atoms with Gasteiger partial charge in [0.2, 0.25) is 11.8 Å². The Morgan fingerprint density at radius 3 is 2.86 bits per heavy atom. The lowest BCUT2D eigenvalue weighted by atomic mass is 9.69. The number of carbonyl (C=O) groups is 2. The molecule has 0 bridgehead atoms. The molecular formula is C18H28N2O2. The highest BCUT2D eigenvalue weighted by atomic mass is 16.2. The van der Waals surface area contributed by atoms with Crippen molar-refractivity contribution in [2.75, 3.05) is 13.1 Å². The van der Waals surface area contributed by atoms with Crippen molar-refractivity contribution in [2.45, 2.75) is 58.8 Å². The first-order valence-electron chi connectivity index (χ1n) is 8.80. The predicted molar refractivity (Wildman–Crippen MR) is 85.9 cm³/mol. The summed E-state index contributed by atoms with van der Waals surface area (Å²) in [5.74, 6) is 1.11. The Kier molecular flexibility index (Phi) is 4.28. The highest BCUT2D eigenvalue weighted by Gasteiger charge is 2.45. The van der Waals surface area contributed by atoms with Crippen molar-refractivity contribution >= 4 is 11.8 Å². The van der Waals surface area contributed by atoms with Gasteiger partial charge in [0.05, 0.1) is 0 Å². The van der Waals surface area contributed by atoms with Crippen LogP contribution in [-0.2, 0) is 9.59 Å². The fourth-order valence-corrected chi connectivity index (χ4v) is 3.78. The lowest BCUT2D eigenvalue weighted by molar-refractivity contribution is -0.134. The average Bonchev–Trinajstić information content (AvgIpc) is 3.32. The molecule has 1 saturated carbocycles. The number of nitrogens with one attached hydrogen (secondary N) is 1. The number of hydrogen-bond donors (Lipinski definition) is 1. The van der Waals surface area contributed by atoms with E-state index < -0.39 is 0 Å². The number of hydrogen-bond acceptors (Lipinski definition) is 2. The van der Waals surface area contributed by atoms with Gasteiger partial charge in [-0.05, 0) is 44.4 Å². The van der Waals surface area contributed by atoms with Crippen LogP contribution in [0.5, 0.6) is 0 Å². The molecule has 3 rings (SSSR count). The SMILES string of the molecule is CC(C)C(=O)NCC12CCCC=C1N(CC1CC1)C(=O)CC2. The Labute approximate surface area is 133 Å². The number of fused-ring (bicyclic) bond motifs is 1.